The lowest BCUT2D eigenvalue weighted by atomic mass is 10.2. The van der Waals surface area contributed by atoms with E-state index < -0.39 is 21.9 Å². The van der Waals surface area contributed by atoms with Gasteiger partial charge in [-0.2, -0.15) is 0 Å². The van der Waals surface area contributed by atoms with E-state index in [0.29, 0.717) is 5.69 Å². The minimum absolute atomic E-state index is 0.0331. The Labute approximate surface area is 173 Å². The van der Waals surface area contributed by atoms with Crippen LogP contribution in [-0.4, -0.2) is 57.7 Å². The standard InChI is InChI=1S/C18H22N4O7S/c1-27-11-12-29-16(24)8-7-15(23)21-13-3-5-14(6-4-13)30(25,26)22-17-18(28-2)20-10-9-19-17/h3-6,9-10H,7-8,11-12H2,1-2H3,(H,19,22)(H,21,23). The average molecular weight is 438 g/mol. The number of esters is 1. The van der Waals surface area contributed by atoms with Gasteiger partial charge in [0.05, 0.1) is 25.0 Å². The molecule has 1 aromatic heterocycles. The Bertz CT molecular complexity index is 965. The van der Waals surface area contributed by atoms with Gasteiger partial charge in [-0.1, -0.05) is 0 Å². The molecular weight excluding hydrogens is 416 g/mol. The summed E-state index contributed by atoms with van der Waals surface area (Å²) in [5.41, 5.74) is 0.379. The first kappa shape index (κ1) is 23.0. The van der Waals surface area contributed by atoms with Crippen LogP contribution in [0.25, 0.3) is 0 Å². The summed E-state index contributed by atoms with van der Waals surface area (Å²) in [7, 11) is -1.11. The number of amides is 1. The maximum absolute atomic E-state index is 12.5. The van der Waals surface area contributed by atoms with E-state index in [0.717, 1.165) is 0 Å². The molecule has 30 heavy (non-hydrogen) atoms. The number of carbonyl (C=O) groups is 2. The lowest BCUT2D eigenvalue weighted by Gasteiger charge is -2.10. The van der Waals surface area contributed by atoms with Crippen molar-refractivity contribution in [2.75, 3.05) is 37.5 Å². The first-order chi connectivity index (χ1) is 14.4. The second kappa shape index (κ2) is 11.1. The molecule has 0 unspecified atom stereocenters. The highest BCUT2D eigenvalue weighted by Gasteiger charge is 2.18. The van der Waals surface area contributed by atoms with Crippen LogP contribution in [0.15, 0.2) is 41.6 Å². The molecule has 1 amide bonds. The molecule has 0 saturated carbocycles. The van der Waals surface area contributed by atoms with Crippen molar-refractivity contribution in [1.29, 1.82) is 0 Å². The Morgan fingerprint density at radius 2 is 1.70 bits per heavy atom. The van der Waals surface area contributed by atoms with Gasteiger partial charge < -0.3 is 19.5 Å². The fourth-order valence-electron chi connectivity index (χ4n) is 2.20. The molecule has 0 spiro atoms. The van der Waals surface area contributed by atoms with E-state index in [1.807, 2.05) is 0 Å². The topological polar surface area (TPSA) is 146 Å². The third-order valence-electron chi connectivity index (χ3n) is 3.64. The predicted molar refractivity (Wildman–Crippen MR) is 107 cm³/mol. The van der Waals surface area contributed by atoms with E-state index in [-0.39, 0.29) is 42.6 Å². The summed E-state index contributed by atoms with van der Waals surface area (Å²) in [4.78, 5) is 31.1. The maximum Gasteiger partial charge on any atom is 0.306 e. The van der Waals surface area contributed by atoms with Crippen molar-refractivity contribution in [3.8, 4) is 5.88 Å². The van der Waals surface area contributed by atoms with Crippen molar-refractivity contribution in [2.24, 2.45) is 0 Å². The van der Waals surface area contributed by atoms with E-state index in [2.05, 4.69) is 20.0 Å². The summed E-state index contributed by atoms with van der Waals surface area (Å²) < 4.78 is 41.9. The fourth-order valence-corrected chi connectivity index (χ4v) is 3.21. The molecular formula is C18H22N4O7S. The number of methoxy groups -OCH3 is 2. The SMILES string of the molecule is COCCOC(=O)CCC(=O)Nc1ccc(S(=O)(=O)Nc2nccnc2OC)cc1. The van der Waals surface area contributed by atoms with Gasteiger partial charge in [-0.3, -0.25) is 14.3 Å². The van der Waals surface area contributed by atoms with Crippen LogP contribution in [0, 0.1) is 0 Å². The van der Waals surface area contributed by atoms with Gasteiger partial charge in [0.1, 0.15) is 6.61 Å². The molecule has 11 nitrogen and oxygen atoms in total. The second-order valence-electron chi connectivity index (χ2n) is 5.81. The number of benzene rings is 1. The molecule has 0 fully saturated rings. The van der Waals surface area contributed by atoms with Crippen LogP contribution < -0.4 is 14.8 Å². The Morgan fingerprint density at radius 1 is 1.00 bits per heavy atom. The minimum atomic E-state index is -3.94. The summed E-state index contributed by atoms with van der Waals surface area (Å²) in [6.45, 7) is 0.410. The van der Waals surface area contributed by atoms with Crippen molar-refractivity contribution in [1.82, 2.24) is 9.97 Å². The second-order valence-corrected chi connectivity index (χ2v) is 7.49. The van der Waals surface area contributed by atoms with Gasteiger partial charge in [-0.25, -0.2) is 18.4 Å². The Kier molecular flexibility index (Phi) is 8.50. The minimum Gasteiger partial charge on any atom is -0.478 e. The molecule has 0 atom stereocenters. The zero-order valence-electron chi connectivity index (χ0n) is 16.5. The molecule has 2 aromatic rings. The lowest BCUT2D eigenvalue weighted by molar-refractivity contribution is -0.145. The lowest BCUT2D eigenvalue weighted by Crippen LogP contribution is -2.16. The number of aromatic nitrogens is 2. The molecule has 1 aromatic carbocycles. The average Bonchev–Trinajstić information content (AvgIpc) is 2.73. The van der Waals surface area contributed by atoms with Crippen molar-refractivity contribution < 1.29 is 32.2 Å². The molecule has 1 heterocycles. The molecule has 0 bridgehead atoms. The zero-order valence-corrected chi connectivity index (χ0v) is 17.3. The predicted octanol–water partition coefficient (Wildman–Crippen LogP) is 1.19. The molecule has 2 rings (SSSR count). The van der Waals surface area contributed by atoms with Crippen LogP contribution in [0.2, 0.25) is 0 Å². The molecule has 0 saturated heterocycles. The molecule has 0 aliphatic carbocycles. The van der Waals surface area contributed by atoms with Crippen LogP contribution in [0.1, 0.15) is 12.8 Å². The fraction of sp³-hybridized carbons (Fsp3) is 0.333. The summed E-state index contributed by atoms with van der Waals surface area (Å²) in [6.07, 6.45) is 2.55. The van der Waals surface area contributed by atoms with Gasteiger partial charge in [0.2, 0.25) is 11.7 Å². The molecule has 0 radical (unpaired) electrons. The Morgan fingerprint density at radius 3 is 2.37 bits per heavy atom. The van der Waals surface area contributed by atoms with Gasteiger partial charge in [-0.15, -0.1) is 0 Å². The highest BCUT2D eigenvalue weighted by molar-refractivity contribution is 7.92. The van der Waals surface area contributed by atoms with Gasteiger partial charge >= 0.3 is 5.97 Å². The third-order valence-corrected chi connectivity index (χ3v) is 5.00. The van der Waals surface area contributed by atoms with E-state index in [9.17, 15) is 18.0 Å². The first-order valence-electron chi connectivity index (χ1n) is 8.78. The number of anilines is 2. The summed E-state index contributed by atoms with van der Waals surface area (Å²) >= 11 is 0. The van der Waals surface area contributed by atoms with Gasteiger partial charge in [0, 0.05) is 31.6 Å². The number of sulfonamides is 1. The summed E-state index contributed by atoms with van der Waals surface area (Å²) in [6, 6.07) is 5.49. The number of hydrogen-bond acceptors (Lipinski definition) is 9. The third kappa shape index (κ3) is 6.97. The van der Waals surface area contributed by atoms with Gasteiger partial charge in [0.25, 0.3) is 15.9 Å². The van der Waals surface area contributed by atoms with Crippen molar-refractivity contribution in [3.05, 3.63) is 36.7 Å². The van der Waals surface area contributed by atoms with Crippen LogP contribution in [0.4, 0.5) is 11.5 Å². The number of carbonyl (C=O) groups excluding carboxylic acids is 2. The van der Waals surface area contributed by atoms with E-state index >= 15 is 0 Å². The summed E-state index contributed by atoms with van der Waals surface area (Å²) in [5, 5.41) is 2.58. The normalized spacial score (nSPS) is 10.9. The van der Waals surface area contributed by atoms with Crippen LogP contribution in [0.5, 0.6) is 5.88 Å². The summed E-state index contributed by atoms with van der Waals surface area (Å²) in [5.74, 6) is -0.925. The molecule has 162 valence electrons. The number of rotatable bonds is 11. The molecule has 12 heteroatoms. The van der Waals surface area contributed by atoms with Crippen molar-refractivity contribution in [3.63, 3.8) is 0 Å². The Balaban J connectivity index is 1.92. The number of nitrogens with one attached hydrogen (secondary N) is 2. The van der Waals surface area contributed by atoms with E-state index in [1.54, 1.807) is 0 Å². The smallest absolute Gasteiger partial charge is 0.306 e. The Hall–Kier alpha value is -3.25. The quantitative estimate of drug-likeness (QED) is 0.390. The van der Waals surface area contributed by atoms with Crippen LogP contribution >= 0.6 is 0 Å². The van der Waals surface area contributed by atoms with Crippen molar-refractivity contribution >= 4 is 33.4 Å². The molecule has 0 aliphatic rings. The first-order valence-corrected chi connectivity index (χ1v) is 10.3. The number of hydrogen-bond donors (Lipinski definition) is 2. The van der Waals surface area contributed by atoms with Gasteiger partial charge in [0.15, 0.2) is 0 Å². The van der Waals surface area contributed by atoms with Gasteiger partial charge in [-0.05, 0) is 24.3 Å². The van der Waals surface area contributed by atoms with E-state index in [1.165, 1.54) is 50.9 Å². The van der Waals surface area contributed by atoms with Crippen LogP contribution in [-0.2, 0) is 29.1 Å². The molecule has 0 aliphatic heterocycles. The highest BCUT2D eigenvalue weighted by atomic mass is 32.2. The van der Waals surface area contributed by atoms with E-state index in [4.69, 9.17) is 14.2 Å². The number of nitrogens with zero attached hydrogens (tertiary/aromatic N) is 2. The van der Waals surface area contributed by atoms with Crippen LogP contribution in [0.3, 0.4) is 0 Å². The monoisotopic (exact) mass is 438 g/mol. The number of ether oxygens (including phenoxy) is 3. The largest absolute Gasteiger partial charge is 0.478 e. The zero-order chi connectivity index (χ0) is 22.0. The maximum atomic E-state index is 12.5. The molecule has 2 N–H and O–H groups in total. The van der Waals surface area contributed by atoms with Crippen molar-refractivity contribution in [2.45, 2.75) is 17.7 Å². The highest BCUT2D eigenvalue weighted by Crippen LogP contribution is 2.22.